The lowest BCUT2D eigenvalue weighted by Crippen LogP contribution is -2.15. The van der Waals surface area contributed by atoms with Gasteiger partial charge in [0, 0.05) is 12.5 Å². The minimum Gasteiger partial charge on any atom is -0.324 e. The Bertz CT molecular complexity index is 68.5. The van der Waals surface area contributed by atoms with E-state index in [4.69, 9.17) is 11.1 Å². The molecule has 0 aliphatic carbocycles. The highest BCUT2D eigenvalue weighted by molar-refractivity contribution is 5.54. The van der Waals surface area contributed by atoms with Gasteiger partial charge in [0.05, 0.1) is 0 Å². The molecule has 0 radical (unpaired) electrons. The molecule has 0 aromatic carbocycles. The van der Waals surface area contributed by atoms with Gasteiger partial charge in [0.2, 0.25) is 0 Å². The van der Waals surface area contributed by atoms with Crippen LogP contribution in [0.4, 0.5) is 0 Å². The van der Waals surface area contributed by atoms with E-state index in [-0.39, 0.29) is 6.04 Å². The van der Waals surface area contributed by atoms with Crippen LogP contribution in [0.2, 0.25) is 0 Å². The van der Waals surface area contributed by atoms with Crippen LogP contribution >= 0.6 is 0 Å². The molecule has 1 atom stereocenters. The van der Waals surface area contributed by atoms with Crippen LogP contribution in [-0.2, 0) is 0 Å². The van der Waals surface area contributed by atoms with E-state index in [0.29, 0.717) is 6.42 Å². The molecule has 0 aromatic heterocycles. The van der Waals surface area contributed by atoms with E-state index in [9.17, 15) is 0 Å². The van der Waals surface area contributed by atoms with Crippen molar-refractivity contribution >= 4 is 6.21 Å². The summed E-state index contributed by atoms with van der Waals surface area (Å²) in [4.78, 5) is 0. The Morgan fingerprint density at radius 1 is 1.86 bits per heavy atom. The van der Waals surface area contributed by atoms with Gasteiger partial charge >= 0.3 is 0 Å². The van der Waals surface area contributed by atoms with Crippen molar-refractivity contribution in [3.05, 3.63) is 12.7 Å². The summed E-state index contributed by atoms with van der Waals surface area (Å²) in [7, 11) is 0. The molecular formula is C5H10N2. The number of rotatable bonds is 3. The second-order valence-electron chi connectivity index (χ2n) is 1.34. The zero-order chi connectivity index (χ0) is 5.70. The van der Waals surface area contributed by atoms with E-state index in [1.54, 1.807) is 6.08 Å². The molecule has 0 aliphatic heterocycles. The van der Waals surface area contributed by atoms with Crippen LogP contribution in [0.5, 0.6) is 0 Å². The van der Waals surface area contributed by atoms with E-state index >= 15 is 0 Å². The van der Waals surface area contributed by atoms with Crippen molar-refractivity contribution in [3.8, 4) is 0 Å². The molecule has 0 aromatic rings. The topological polar surface area (TPSA) is 49.9 Å². The largest absolute Gasteiger partial charge is 0.324 e. The number of hydrogen-bond acceptors (Lipinski definition) is 2. The van der Waals surface area contributed by atoms with Gasteiger partial charge in [0.15, 0.2) is 0 Å². The second-order valence-corrected chi connectivity index (χ2v) is 1.34. The molecule has 1 unspecified atom stereocenters. The Labute approximate surface area is 43.5 Å². The molecule has 0 aliphatic rings. The van der Waals surface area contributed by atoms with E-state index in [1.807, 2.05) is 0 Å². The van der Waals surface area contributed by atoms with Crippen molar-refractivity contribution in [3.63, 3.8) is 0 Å². The fourth-order valence-electron chi connectivity index (χ4n) is 0.232. The first-order chi connectivity index (χ1) is 3.31. The normalized spacial score (nSPS) is 12.7. The Balaban J connectivity index is 3.15. The van der Waals surface area contributed by atoms with Gasteiger partial charge in [-0.05, 0) is 6.21 Å². The first-order valence-electron chi connectivity index (χ1n) is 2.18. The summed E-state index contributed by atoms with van der Waals surface area (Å²) in [6.45, 7) is 3.45. The minimum atomic E-state index is -0.0301. The molecule has 2 nitrogen and oxygen atoms in total. The van der Waals surface area contributed by atoms with E-state index in [2.05, 4.69) is 6.58 Å². The molecule has 0 saturated heterocycles. The van der Waals surface area contributed by atoms with Gasteiger partial charge in [-0.3, -0.25) is 0 Å². The van der Waals surface area contributed by atoms with E-state index in [0.717, 1.165) is 0 Å². The molecule has 0 saturated carbocycles. The predicted octanol–water partition coefficient (Wildman–Crippen LogP) is 0.539. The second kappa shape index (κ2) is 3.56. The maximum absolute atomic E-state index is 6.58. The Hall–Kier alpha value is -0.630. The smallest absolute Gasteiger partial charge is 0.0270 e. The van der Waals surface area contributed by atoms with Gasteiger partial charge in [-0.25, -0.2) is 0 Å². The molecule has 7 heavy (non-hydrogen) atoms. The van der Waals surface area contributed by atoms with Gasteiger partial charge in [0.25, 0.3) is 0 Å². The summed E-state index contributed by atoms with van der Waals surface area (Å²) in [6.07, 6.45) is 3.51. The van der Waals surface area contributed by atoms with Crippen LogP contribution in [0.15, 0.2) is 12.7 Å². The highest BCUT2D eigenvalue weighted by Crippen LogP contribution is 1.81. The van der Waals surface area contributed by atoms with E-state index in [1.165, 1.54) is 6.21 Å². The number of hydrogen-bond donors (Lipinski definition) is 2. The number of nitrogens with two attached hydrogens (primary N) is 1. The Morgan fingerprint density at radius 2 is 2.43 bits per heavy atom. The molecule has 0 bridgehead atoms. The highest BCUT2D eigenvalue weighted by atomic mass is 14.6. The molecule has 0 amide bonds. The third-order valence-corrected chi connectivity index (χ3v) is 0.693. The first kappa shape index (κ1) is 6.37. The molecule has 0 spiro atoms. The van der Waals surface area contributed by atoms with Crippen LogP contribution < -0.4 is 5.73 Å². The predicted molar refractivity (Wildman–Crippen MR) is 31.6 cm³/mol. The third-order valence-electron chi connectivity index (χ3n) is 0.693. The highest BCUT2D eigenvalue weighted by Gasteiger charge is 1.87. The Kier molecular flexibility index (Phi) is 3.24. The molecule has 0 rings (SSSR count). The summed E-state index contributed by atoms with van der Waals surface area (Å²) >= 11 is 0. The van der Waals surface area contributed by atoms with Crippen molar-refractivity contribution < 1.29 is 0 Å². The van der Waals surface area contributed by atoms with Crippen molar-refractivity contribution in [2.24, 2.45) is 5.73 Å². The van der Waals surface area contributed by atoms with Crippen molar-refractivity contribution in [1.29, 1.82) is 5.41 Å². The zero-order valence-corrected chi connectivity index (χ0v) is 4.22. The third kappa shape index (κ3) is 3.19. The average Bonchev–Trinajstić information content (AvgIpc) is 1.68. The summed E-state index contributed by atoms with van der Waals surface area (Å²) in [5.74, 6) is 0. The standard InChI is InChI=1S/C5H10N2/c1-2-5(7)3-4-6/h2,4-6H,1,3,7H2. The summed E-state index contributed by atoms with van der Waals surface area (Å²) in [5, 5.41) is 6.58. The molecule has 2 heteroatoms. The SMILES string of the molecule is C=CC(N)CC=N. The van der Waals surface area contributed by atoms with Gasteiger partial charge in [-0.1, -0.05) is 6.08 Å². The first-order valence-corrected chi connectivity index (χ1v) is 2.18. The summed E-state index contributed by atoms with van der Waals surface area (Å²) < 4.78 is 0. The molecule has 40 valence electrons. The monoisotopic (exact) mass is 98.1 g/mol. The van der Waals surface area contributed by atoms with Gasteiger partial charge < -0.3 is 11.1 Å². The van der Waals surface area contributed by atoms with Crippen molar-refractivity contribution in [2.45, 2.75) is 12.5 Å². The molecule has 0 heterocycles. The molecule has 0 fully saturated rings. The van der Waals surface area contributed by atoms with Crippen molar-refractivity contribution in [1.82, 2.24) is 0 Å². The fraction of sp³-hybridized carbons (Fsp3) is 0.400. The number of nitrogens with one attached hydrogen (secondary N) is 1. The lowest BCUT2D eigenvalue weighted by Gasteiger charge is -1.95. The van der Waals surface area contributed by atoms with E-state index < -0.39 is 0 Å². The van der Waals surface area contributed by atoms with Gasteiger partial charge in [-0.15, -0.1) is 6.58 Å². The van der Waals surface area contributed by atoms with Gasteiger partial charge in [-0.2, -0.15) is 0 Å². The van der Waals surface area contributed by atoms with Crippen LogP contribution in [0.25, 0.3) is 0 Å². The Morgan fingerprint density at radius 3 is 2.57 bits per heavy atom. The van der Waals surface area contributed by atoms with Crippen LogP contribution in [0.1, 0.15) is 6.42 Å². The lowest BCUT2D eigenvalue weighted by atomic mass is 10.2. The molecular weight excluding hydrogens is 88.1 g/mol. The quantitative estimate of drug-likeness (QED) is 0.393. The maximum atomic E-state index is 6.58. The summed E-state index contributed by atoms with van der Waals surface area (Å²) in [5.41, 5.74) is 5.31. The summed E-state index contributed by atoms with van der Waals surface area (Å²) in [6, 6.07) is -0.0301. The van der Waals surface area contributed by atoms with Crippen LogP contribution in [0.3, 0.4) is 0 Å². The van der Waals surface area contributed by atoms with Crippen molar-refractivity contribution in [2.75, 3.05) is 0 Å². The average molecular weight is 98.1 g/mol. The van der Waals surface area contributed by atoms with Gasteiger partial charge in [0.1, 0.15) is 0 Å². The zero-order valence-electron chi connectivity index (χ0n) is 4.22. The van der Waals surface area contributed by atoms with Crippen LogP contribution in [-0.4, -0.2) is 12.3 Å². The lowest BCUT2D eigenvalue weighted by molar-refractivity contribution is 0.869. The van der Waals surface area contributed by atoms with Crippen LogP contribution in [0, 0.1) is 5.41 Å². The molecule has 3 N–H and O–H groups in total. The fourth-order valence-corrected chi connectivity index (χ4v) is 0.232. The minimum absolute atomic E-state index is 0.0301. The maximum Gasteiger partial charge on any atom is 0.0270 e.